The van der Waals surface area contributed by atoms with Crippen molar-refractivity contribution < 1.29 is 4.79 Å². The molecule has 2 aromatic rings. The van der Waals surface area contributed by atoms with Crippen molar-refractivity contribution in [1.29, 1.82) is 5.26 Å². The van der Waals surface area contributed by atoms with Gasteiger partial charge < -0.3 is 4.90 Å². The lowest BCUT2D eigenvalue weighted by atomic mass is 9.99. The van der Waals surface area contributed by atoms with Gasteiger partial charge in [-0.1, -0.05) is 48.5 Å². The molecule has 0 fully saturated rings. The lowest BCUT2D eigenvalue weighted by Gasteiger charge is -2.20. The second kappa shape index (κ2) is 6.53. The van der Waals surface area contributed by atoms with Crippen LogP contribution in [-0.2, 0) is 11.2 Å². The van der Waals surface area contributed by atoms with E-state index in [9.17, 15) is 10.1 Å². The minimum absolute atomic E-state index is 0.178. The number of nitrogens with zero attached hydrogens (tertiary/aromatic N) is 2. The SMILES string of the molecule is CN(C(=O)C(C#N)Cc1ccccc1)c1ccccc1. The van der Waals surface area contributed by atoms with Crippen LogP contribution in [-0.4, -0.2) is 13.0 Å². The molecule has 0 radical (unpaired) electrons. The van der Waals surface area contributed by atoms with Gasteiger partial charge >= 0.3 is 0 Å². The van der Waals surface area contributed by atoms with E-state index in [2.05, 4.69) is 6.07 Å². The lowest BCUT2D eigenvalue weighted by molar-refractivity contribution is -0.120. The average molecular weight is 264 g/mol. The molecule has 2 rings (SSSR count). The van der Waals surface area contributed by atoms with E-state index in [0.717, 1.165) is 11.3 Å². The summed E-state index contributed by atoms with van der Waals surface area (Å²) >= 11 is 0. The Morgan fingerprint density at radius 3 is 2.20 bits per heavy atom. The summed E-state index contributed by atoms with van der Waals surface area (Å²) in [5.74, 6) is -0.842. The van der Waals surface area contributed by atoms with Gasteiger partial charge in [0.25, 0.3) is 0 Å². The summed E-state index contributed by atoms with van der Waals surface area (Å²) < 4.78 is 0. The summed E-state index contributed by atoms with van der Waals surface area (Å²) in [4.78, 5) is 13.9. The first-order chi connectivity index (χ1) is 9.72. The van der Waals surface area contributed by atoms with E-state index in [1.165, 1.54) is 4.90 Å². The van der Waals surface area contributed by atoms with Crippen LogP contribution in [0, 0.1) is 17.2 Å². The number of hydrogen-bond acceptors (Lipinski definition) is 2. The van der Waals surface area contributed by atoms with Crippen molar-refractivity contribution in [2.24, 2.45) is 5.92 Å². The van der Waals surface area contributed by atoms with E-state index in [-0.39, 0.29) is 5.91 Å². The first-order valence-corrected chi connectivity index (χ1v) is 6.48. The first kappa shape index (κ1) is 13.8. The zero-order valence-corrected chi connectivity index (χ0v) is 11.4. The summed E-state index contributed by atoms with van der Waals surface area (Å²) in [6.45, 7) is 0. The van der Waals surface area contributed by atoms with Crippen molar-refractivity contribution >= 4 is 11.6 Å². The van der Waals surface area contributed by atoms with Crippen LogP contribution in [0.2, 0.25) is 0 Å². The Balaban J connectivity index is 2.12. The predicted octanol–water partition coefficient (Wildman–Crippen LogP) is 3.03. The second-order valence-corrected chi connectivity index (χ2v) is 4.60. The fraction of sp³-hybridized carbons (Fsp3) is 0.176. The highest BCUT2D eigenvalue weighted by molar-refractivity contribution is 5.96. The Morgan fingerprint density at radius 2 is 1.65 bits per heavy atom. The number of carbonyl (C=O) groups is 1. The number of hydrogen-bond donors (Lipinski definition) is 0. The number of anilines is 1. The summed E-state index contributed by atoms with van der Waals surface area (Å²) in [5, 5.41) is 9.26. The van der Waals surface area contributed by atoms with Crippen molar-refractivity contribution in [3.63, 3.8) is 0 Å². The molecule has 3 heteroatoms. The van der Waals surface area contributed by atoms with Gasteiger partial charge in [-0.2, -0.15) is 5.26 Å². The Morgan fingerprint density at radius 1 is 1.10 bits per heavy atom. The molecule has 0 heterocycles. The number of benzene rings is 2. The molecule has 0 saturated heterocycles. The van der Waals surface area contributed by atoms with Gasteiger partial charge in [0.1, 0.15) is 5.92 Å². The molecule has 0 bridgehead atoms. The van der Waals surface area contributed by atoms with Crippen LogP contribution >= 0.6 is 0 Å². The van der Waals surface area contributed by atoms with Gasteiger partial charge in [0, 0.05) is 12.7 Å². The molecular weight excluding hydrogens is 248 g/mol. The average Bonchev–Trinajstić information content (AvgIpc) is 2.53. The van der Waals surface area contributed by atoms with Gasteiger partial charge in [-0.15, -0.1) is 0 Å². The number of carbonyl (C=O) groups excluding carboxylic acids is 1. The second-order valence-electron chi connectivity index (χ2n) is 4.60. The van der Waals surface area contributed by atoms with Crippen molar-refractivity contribution in [3.05, 3.63) is 66.2 Å². The third kappa shape index (κ3) is 3.24. The Labute approximate surface area is 119 Å². The van der Waals surface area contributed by atoms with Crippen LogP contribution in [0.4, 0.5) is 5.69 Å². The lowest BCUT2D eigenvalue weighted by Crippen LogP contribution is -2.33. The standard InChI is InChI=1S/C17H16N2O/c1-19(16-10-6-3-7-11-16)17(20)15(13-18)12-14-8-4-2-5-9-14/h2-11,15H,12H2,1H3. The van der Waals surface area contributed by atoms with Gasteiger partial charge in [0.2, 0.25) is 5.91 Å². The third-order valence-electron chi connectivity index (χ3n) is 3.21. The maximum atomic E-state index is 12.4. The molecule has 0 saturated carbocycles. The Bertz CT molecular complexity index is 602. The summed E-state index contributed by atoms with van der Waals surface area (Å²) in [5.41, 5.74) is 1.79. The van der Waals surface area contributed by atoms with Gasteiger partial charge in [-0.05, 0) is 24.1 Å². The number of rotatable bonds is 4. The molecule has 1 atom stereocenters. The molecule has 0 aliphatic carbocycles. The molecule has 0 aliphatic rings. The summed E-state index contributed by atoms with van der Waals surface area (Å²) in [7, 11) is 1.70. The largest absolute Gasteiger partial charge is 0.314 e. The van der Waals surface area contributed by atoms with Crippen molar-refractivity contribution in [2.75, 3.05) is 11.9 Å². The Hall–Kier alpha value is -2.60. The van der Waals surface area contributed by atoms with Crippen molar-refractivity contribution in [2.45, 2.75) is 6.42 Å². The minimum atomic E-state index is -0.664. The van der Waals surface area contributed by atoms with E-state index in [0.29, 0.717) is 6.42 Å². The molecule has 1 unspecified atom stereocenters. The topological polar surface area (TPSA) is 44.1 Å². The smallest absolute Gasteiger partial charge is 0.244 e. The quantitative estimate of drug-likeness (QED) is 0.852. The summed E-state index contributed by atoms with van der Waals surface area (Å²) in [6, 6.07) is 21.1. The molecular formula is C17H16N2O. The zero-order chi connectivity index (χ0) is 14.4. The monoisotopic (exact) mass is 264 g/mol. The van der Waals surface area contributed by atoms with E-state index in [4.69, 9.17) is 0 Å². The Kier molecular flexibility index (Phi) is 4.52. The van der Waals surface area contributed by atoms with E-state index in [1.54, 1.807) is 7.05 Å². The van der Waals surface area contributed by atoms with Gasteiger partial charge in [-0.25, -0.2) is 0 Å². The molecule has 100 valence electrons. The normalized spacial score (nSPS) is 11.4. The molecule has 1 amide bonds. The number of amides is 1. The number of nitriles is 1. The maximum absolute atomic E-state index is 12.4. The fourth-order valence-electron chi connectivity index (χ4n) is 2.05. The maximum Gasteiger partial charge on any atom is 0.244 e. The van der Waals surface area contributed by atoms with E-state index in [1.807, 2.05) is 60.7 Å². The highest BCUT2D eigenvalue weighted by Gasteiger charge is 2.22. The highest BCUT2D eigenvalue weighted by Crippen LogP contribution is 2.16. The van der Waals surface area contributed by atoms with Crippen molar-refractivity contribution in [1.82, 2.24) is 0 Å². The van der Waals surface area contributed by atoms with Crippen LogP contribution in [0.25, 0.3) is 0 Å². The van der Waals surface area contributed by atoms with Gasteiger partial charge in [0.15, 0.2) is 0 Å². The molecule has 0 spiro atoms. The minimum Gasteiger partial charge on any atom is -0.314 e. The molecule has 0 aliphatic heterocycles. The molecule has 20 heavy (non-hydrogen) atoms. The number of para-hydroxylation sites is 1. The van der Waals surface area contributed by atoms with E-state index < -0.39 is 5.92 Å². The molecule has 0 N–H and O–H groups in total. The first-order valence-electron chi connectivity index (χ1n) is 6.48. The van der Waals surface area contributed by atoms with Crippen LogP contribution in [0.15, 0.2) is 60.7 Å². The summed E-state index contributed by atoms with van der Waals surface area (Å²) in [6.07, 6.45) is 0.438. The van der Waals surface area contributed by atoms with Crippen molar-refractivity contribution in [3.8, 4) is 6.07 Å². The highest BCUT2D eigenvalue weighted by atomic mass is 16.2. The fourth-order valence-corrected chi connectivity index (χ4v) is 2.05. The zero-order valence-electron chi connectivity index (χ0n) is 11.4. The van der Waals surface area contributed by atoms with Gasteiger partial charge in [0.05, 0.1) is 6.07 Å². The predicted molar refractivity (Wildman–Crippen MR) is 79.1 cm³/mol. The van der Waals surface area contributed by atoms with E-state index >= 15 is 0 Å². The molecule has 3 nitrogen and oxygen atoms in total. The van der Waals surface area contributed by atoms with Crippen LogP contribution in [0.5, 0.6) is 0 Å². The van der Waals surface area contributed by atoms with Crippen LogP contribution < -0.4 is 4.90 Å². The van der Waals surface area contributed by atoms with Crippen LogP contribution in [0.1, 0.15) is 5.56 Å². The van der Waals surface area contributed by atoms with Crippen LogP contribution in [0.3, 0.4) is 0 Å². The third-order valence-corrected chi connectivity index (χ3v) is 3.21. The van der Waals surface area contributed by atoms with Gasteiger partial charge in [-0.3, -0.25) is 4.79 Å². The molecule has 2 aromatic carbocycles. The molecule has 0 aromatic heterocycles.